The smallest absolute Gasteiger partial charge is 0.250 e. The van der Waals surface area contributed by atoms with Crippen LogP contribution in [0.3, 0.4) is 0 Å². The van der Waals surface area contributed by atoms with Gasteiger partial charge in [-0.1, -0.05) is 342 Å². The molecule has 1 rings (SSSR count). The van der Waals surface area contributed by atoms with E-state index in [0.29, 0.717) is 17.3 Å². The molecule has 1 aliphatic rings. The molecule has 5 nitrogen and oxygen atoms in total. The van der Waals surface area contributed by atoms with Gasteiger partial charge in [-0.25, -0.2) is 13.4 Å². The van der Waals surface area contributed by atoms with Gasteiger partial charge in [-0.3, -0.25) is 4.79 Å². The van der Waals surface area contributed by atoms with Crippen molar-refractivity contribution in [3.8, 4) is 0 Å². The molecule has 0 radical (unpaired) electrons. The third-order valence-electron chi connectivity index (χ3n) is 15.7. The van der Waals surface area contributed by atoms with E-state index in [1.54, 1.807) is 24.3 Å². The zero-order valence-corrected chi connectivity index (χ0v) is 49.1. The van der Waals surface area contributed by atoms with Crippen LogP contribution in [-0.2, 0) is 14.8 Å². The quantitative estimate of drug-likeness (QED) is 0.0450. The number of nitrogens with zero attached hydrogens (tertiary/aromatic N) is 2. The van der Waals surface area contributed by atoms with Crippen molar-refractivity contribution in [1.82, 2.24) is 0 Å². The molecule has 0 heterocycles. The molecule has 0 aliphatic heterocycles. The molecule has 6 heteroatoms. The molecule has 0 spiro atoms. The summed E-state index contributed by atoms with van der Waals surface area (Å²) in [5.74, 6) is 0.547. The summed E-state index contributed by atoms with van der Waals surface area (Å²) in [5.41, 5.74) is 0.980. The maximum absolute atomic E-state index is 14.1. The van der Waals surface area contributed by atoms with Crippen molar-refractivity contribution in [2.45, 2.75) is 355 Å². The fourth-order valence-corrected chi connectivity index (χ4v) is 11.5. The van der Waals surface area contributed by atoms with E-state index in [0.717, 1.165) is 25.5 Å². The number of hydrogen-bond acceptors (Lipinski definition) is 3. The molecule has 1 unspecified atom stereocenters. The van der Waals surface area contributed by atoms with Gasteiger partial charge in [-0.2, -0.15) is 4.40 Å². The van der Waals surface area contributed by atoms with Gasteiger partial charge in [0.25, 0.3) is 10.0 Å². The number of sulfonamides is 1. The molecule has 0 fully saturated rings. The number of carbonyl (C=O) groups is 1. The molecular weight excluding hydrogens is 889 g/mol. The number of amides is 1. The van der Waals surface area contributed by atoms with Gasteiger partial charge in [0.2, 0.25) is 5.91 Å². The van der Waals surface area contributed by atoms with Crippen LogP contribution in [0, 0.1) is 11.8 Å². The summed E-state index contributed by atoms with van der Waals surface area (Å²) in [6.07, 6.45) is 78.5. The van der Waals surface area contributed by atoms with E-state index in [-0.39, 0.29) is 11.8 Å². The van der Waals surface area contributed by atoms with Gasteiger partial charge >= 0.3 is 0 Å². The molecular formula is C65H122N2O3S. The van der Waals surface area contributed by atoms with E-state index in [2.05, 4.69) is 30.2 Å². The van der Waals surface area contributed by atoms with Crippen molar-refractivity contribution in [2.75, 3.05) is 6.26 Å². The molecule has 0 aromatic heterocycles. The van der Waals surface area contributed by atoms with E-state index < -0.39 is 10.0 Å². The number of allylic oxidation sites excluding steroid dienone is 4. The summed E-state index contributed by atoms with van der Waals surface area (Å²) >= 11 is 0. The van der Waals surface area contributed by atoms with Crippen molar-refractivity contribution in [2.24, 2.45) is 21.2 Å². The highest BCUT2D eigenvalue weighted by molar-refractivity contribution is 7.89. The predicted octanol–water partition coefficient (Wildman–Crippen LogP) is 22.1. The Bertz CT molecular complexity index is 1340. The van der Waals surface area contributed by atoms with E-state index in [9.17, 15) is 13.2 Å². The van der Waals surface area contributed by atoms with Crippen molar-refractivity contribution in [3.05, 3.63) is 24.3 Å². The second-order valence-corrected chi connectivity index (χ2v) is 24.5. The lowest BCUT2D eigenvalue weighted by atomic mass is 9.83. The molecule has 1 amide bonds. The molecule has 0 bridgehead atoms. The largest absolute Gasteiger partial charge is 0.272 e. The Balaban J connectivity index is 2.69. The summed E-state index contributed by atoms with van der Waals surface area (Å²) in [6.45, 7) is 6.90. The van der Waals surface area contributed by atoms with Gasteiger partial charge < -0.3 is 0 Å². The van der Waals surface area contributed by atoms with Crippen LogP contribution in [0.15, 0.2) is 33.7 Å². The topological polar surface area (TPSA) is 75.9 Å². The zero-order chi connectivity index (χ0) is 51.4. The van der Waals surface area contributed by atoms with Crippen molar-refractivity contribution in [1.29, 1.82) is 0 Å². The highest BCUT2D eigenvalue weighted by atomic mass is 32.2. The van der Waals surface area contributed by atoms with E-state index in [4.69, 9.17) is 0 Å². The summed E-state index contributed by atoms with van der Waals surface area (Å²) in [5, 5.41) is 0. The molecule has 71 heavy (non-hydrogen) atoms. The number of unbranched alkanes of at least 4 members (excludes halogenated alkanes) is 45. The van der Waals surface area contributed by atoms with Crippen LogP contribution >= 0.6 is 0 Å². The van der Waals surface area contributed by atoms with Gasteiger partial charge in [-0.05, 0) is 43.1 Å². The first-order chi connectivity index (χ1) is 34.8. The number of aliphatic imine (C=N–C) groups is 1. The summed E-state index contributed by atoms with van der Waals surface area (Å²) in [7, 11) is -3.49. The molecule has 1 aliphatic carbocycles. The Hall–Kier alpha value is -1.56. The zero-order valence-electron chi connectivity index (χ0n) is 48.3. The van der Waals surface area contributed by atoms with Gasteiger partial charge in [0.05, 0.1) is 17.7 Å². The second-order valence-electron chi connectivity index (χ2n) is 22.9. The van der Waals surface area contributed by atoms with Gasteiger partial charge in [0.1, 0.15) is 0 Å². The number of carbonyl (C=O) groups excluding carboxylic acids is 1. The molecule has 0 aromatic carbocycles. The monoisotopic (exact) mass is 1010 g/mol. The normalized spacial score (nSPS) is 13.3. The lowest BCUT2D eigenvalue weighted by Crippen LogP contribution is -2.19. The van der Waals surface area contributed by atoms with Gasteiger partial charge in [0.15, 0.2) is 0 Å². The number of rotatable bonds is 55. The Morgan fingerprint density at radius 1 is 0.352 bits per heavy atom. The van der Waals surface area contributed by atoms with Crippen molar-refractivity contribution < 1.29 is 13.2 Å². The van der Waals surface area contributed by atoms with Crippen LogP contribution in [0.4, 0.5) is 0 Å². The fraction of sp³-hybridized carbons (Fsp3) is 0.892. The minimum absolute atomic E-state index is 0.0164. The average Bonchev–Trinajstić information content (AvgIpc) is 3.35. The number of hydrogen-bond donors (Lipinski definition) is 0. The van der Waals surface area contributed by atoms with Gasteiger partial charge in [-0.15, -0.1) is 0 Å². The third kappa shape index (κ3) is 47.9. The highest BCUT2D eigenvalue weighted by Crippen LogP contribution is 2.30. The SMILES string of the molecule is CCCCCCCCCCCCCCCCCCC(CCCCCCCCCCCCCCCCCC)CC(CCCCCCCCCCCCCCCCCC)C(=O)N=C1C=CC(=NS(C)(=O)=O)C=C1. The highest BCUT2D eigenvalue weighted by Gasteiger charge is 2.23. The van der Waals surface area contributed by atoms with Crippen LogP contribution in [0.1, 0.15) is 355 Å². The first-order valence-corrected chi connectivity index (χ1v) is 33.9. The summed E-state index contributed by atoms with van der Waals surface area (Å²) in [4.78, 5) is 18.8. The Morgan fingerprint density at radius 2 is 0.577 bits per heavy atom. The summed E-state index contributed by atoms with van der Waals surface area (Å²) in [6, 6.07) is 0. The maximum atomic E-state index is 14.1. The second kappa shape index (κ2) is 51.9. The van der Waals surface area contributed by atoms with Crippen LogP contribution in [-0.4, -0.2) is 32.0 Å². The van der Waals surface area contributed by atoms with Crippen LogP contribution in [0.2, 0.25) is 0 Å². The first-order valence-electron chi connectivity index (χ1n) is 32.1. The molecule has 1 atom stereocenters. The van der Waals surface area contributed by atoms with Crippen LogP contribution in [0.25, 0.3) is 0 Å². The van der Waals surface area contributed by atoms with Gasteiger partial charge in [0, 0.05) is 5.92 Å². The first kappa shape index (κ1) is 67.5. The molecule has 416 valence electrons. The van der Waals surface area contributed by atoms with E-state index in [1.807, 2.05) is 0 Å². The molecule has 0 saturated heterocycles. The molecule has 0 saturated carbocycles. The van der Waals surface area contributed by atoms with Crippen LogP contribution < -0.4 is 0 Å². The average molecular weight is 1010 g/mol. The lowest BCUT2D eigenvalue weighted by Gasteiger charge is -2.22. The van der Waals surface area contributed by atoms with Crippen LogP contribution in [0.5, 0.6) is 0 Å². The van der Waals surface area contributed by atoms with Crippen molar-refractivity contribution in [3.63, 3.8) is 0 Å². The minimum Gasteiger partial charge on any atom is -0.272 e. The third-order valence-corrected chi connectivity index (χ3v) is 16.2. The minimum atomic E-state index is -3.49. The fourth-order valence-electron chi connectivity index (χ4n) is 11.0. The Labute approximate surface area is 444 Å². The van der Waals surface area contributed by atoms with Crippen molar-refractivity contribution >= 4 is 27.4 Å². The summed E-state index contributed by atoms with van der Waals surface area (Å²) < 4.78 is 27.3. The van der Waals surface area contributed by atoms with E-state index in [1.165, 1.54) is 315 Å². The maximum Gasteiger partial charge on any atom is 0.250 e. The standard InChI is InChI=1S/C65H122N2O3S/c1-5-8-11-14-17-20-23-26-29-32-35-38-41-44-47-50-53-61(54-51-48-45-42-39-36-33-30-27-24-21-18-15-12-9-6-2)60-62(65(68)66-63-56-58-64(59-57-63)67-71(4,69)70)55-52-49-46-43-40-37-34-31-28-25-22-19-16-13-10-7-3/h56-59,61-62H,5-55,60H2,1-4H3. The predicted molar refractivity (Wildman–Crippen MR) is 317 cm³/mol. The van der Waals surface area contributed by atoms with E-state index >= 15 is 0 Å². The molecule has 0 N–H and O–H groups in total. The lowest BCUT2D eigenvalue weighted by molar-refractivity contribution is -0.122. The Morgan fingerprint density at radius 3 is 0.831 bits per heavy atom. The Kier molecular flexibility index (Phi) is 49.3. The molecule has 0 aromatic rings.